The summed E-state index contributed by atoms with van der Waals surface area (Å²) in [6.45, 7) is 5.99. The molecule has 0 N–H and O–H groups in total. The van der Waals surface area contributed by atoms with Crippen LogP contribution in [0.15, 0.2) is 54.6 Å². The number of benzene rings is 2. The van der Waals surface area contributed by atoms with E-state index in [1.54, 1.807) is 29.2 Å². The molecule has 5 heteroatoms. The Morgan fingerprint density at radius 1 is 0.964 bits per heavy atom. The molecule has 0 spiro atoms. The van der Waals surface area contributed by atoms with Gasteiger partial charge < -0.3 is 14.4 Å². The Morgan fingerprint density at radius 2 is 1.61 bits per heavy atom. The van der Waals surface area contributed by atoms with Crippen LogP contribution in [-0.2, 0) is 16.1 Å². The standard InChI is InChI=1S/C23H27NO4/c1-17-12-18(2)14-24(13-17)22(25)16-28-23(26)20-8-10-21(11-9-20)27-15-19-6-4-3-5-7-19/h3-11,17-18H,12-16H2,1-2H3/t17-,18-/m1/s1. The van der Waals surface area contributed by atoms with Gasteiger partial charge >= 0.3 is 5.97 Å². The van der Waals surface area contributed by atoms with Crippen molar-refractivity contribution in [3.05, 3.63) is 65.7 Å². The predicted molar refractivity (Wildman–Crippen MR) is 107 cm³/mol. The Morgan fingerprint density at radius 3 is 2.25 bits per heavy atom. The third kappa shape index (κ3) is 5.59. The quantitative estimate of drug-likeness (QED) is 0.712. The third-order valence-electron chi connectivity index (χ3n) is 4.89. The van der Waals surface area contributed by atoms with Crippen LogP contribution in [0.2, 0.25) is 0 Å². The van der Waals surface area contributed by atoms with Crippen molar-refractivity contribution < 1.29 is 19.1 Å². The molecule has 0 radical (unpaired) electrons. The van der Waals surface area contributed by atoms with Gasteiger partial charge in [0.15, 0.2) is 6.61 Å². The largest absolute Gasteiger partial charge is 0.489 e. The minimum Gasteiger partial charge on any atom is -0.489 e. The van der Waals surface area contributed by atoms with E-state index in [0.717, 1.165) is 25.1 Å². The summed E-state index contributed by atoms with van der Waals surface area (Å²) in [6.07, 6.45) is 1.13. The van der Waals surface area contributed by atoms with E-state index in [-0.39, 0.29) is 12.5 Å². The van der Waals surface area contributed by atoms with E-state index in [1.165, 1.54) is 0 Å². The fourth-order valence-electron chi connectivity index (χ4n) is 3.60. The molecule has 0 saturated carbocycles. The van der Waals surface area contributed by atoms with E-state index in [0.29, 0.717) is 29.8 Å². The van der Waals surface area contributed by atoms with Crippen LogP contribution >= 0.6 is 0 Å². The number of piperidine rings is 1. The van der Waals surface area contributed by atoms with Gasteiger partial charge in [-0.25, -0.2) is 4.79 Å². The summed E-state index contributed by atoms with van der Waals surface area (Å²) in [4.78, 5) is 26.3. The van der Waals surface area contributed by atoms with E-state index < -0.39 is 5.97 Å². The van der Waals surface area contributed by atoms with Crippen molar-refractivity contribution in [2.24, 2.45) is 11.8 Å². The number of hydrogen-bond donors (Lipinski definition) is 0. The van der Waals surface area contributed by atoms with Crippen LogP contribution in [0.4, 0.5) is 0 Å². The smallest absolute Gasteiger partial charge is 0.338 e. The lowest BCUT2D eigenvalue weighted by Gasteiger charge is -2.34. The molecular weight excluding hydrogens is 354 g/mol. The molecule has 1 aliphatic rings. The Balaban J connectivity index is 1.47. The number of rotatable bonds is 6. The molecule has 1 saturated heterocycles. The van der Waals surface area contributed by atoms with Crippen LogP contribution in [0.25, 0.3) is 0 Å². The first-order valence-electron chi connectivity index (χ1n) is 9.73. The molecule has 5 nitrogen and oxygen atoms in total. The molecule has 1 aliphatic heterocycles. The molecule has 1 fully saturated rings. The molecule has 1 amide bonds. The minimum absolute atomic E-state index is 0.130. The van der Waals surface area contributed by atoms with Crippen molar-refractivity contribution in [1.82, 2.24) is 4.90 Å². The van der Waals surface area contributed by atoms with Gasteiger partial charge in [0.05, 0.1) is 5.56 Å². The number of nitrogens with zero attached hydrogens (tertiary/aromatic N) is 1. The van der Waals surface area contributed by atoms with Gasteiger partial charge in [0, 0.05) is 13.1 Å². The van der Waals surface area contributed by atoms with Gasteiger partial charge in [-0.15, -0.1) is 0 Å². The third-order valence-corrected chi connectivity index (χ3v) is 4.89. The van der Waals surface area contributed by atoms with Gasteiger partial charge in [-0.1, -0.05) is 44.2 Å². The number of esters is 1. The van der Waals surface area contributed by atoms with Crippen LogP contribution in [0.5, 0.6) is 5.75 Å². The molecule has 2 aromatic carbocycles. The number of ether oxygens (including phenoxy) is 2. The molecule has 28 heavy (non-hydrogen) atoms. The number of carbonyl (C=O) groups excluding carboxylic acids is 2. The Hall–Kier alpha value is -2.82. The SMILES string of the molecule is C[C@@H]1C[C@@H](C)CN(C(=O)COC(=O)c2ccc(OCc3ccccc3)cc2)C1. The van der Waals surface area contributed by atoms with Crippen LogP contribution in [0, 0.1) is 11.8 Å². The van der Waals surface area contributed by atoms with Crippen molar-refractivity contribution in [3.8, 4) is 5.75 Å². The lowest BCUT2D eigenvalue weighted by molar-refractivity contribution is -0.137. The van der Waals surface area contributed by atoms with Gasteiger partial charge in [0.2, 0.25) is 0 Å². The topological polar surface area (TPSA) is 55.8 Å². The van der Waals surface area contributed by atoms with Crippen LogP contribution < -0.4 is 4.74 Å². The summed E-state index contributed by atoms with van der Waals surface area (Å²) in [5.41, 5.74) is 1.48. The summed E-state index contributed by atoms with van der Waals surface area (Å²) < 4.78 is 10.9. The summed E-state index contributed by atoms with van der Waals surface area (Å²) in [6, 6.07) is 16.6. The molecule has 2 atom stereocenters. The minimum atomic E-state index is -0.499. The van der Waals surface area contributed by atoms with Gasteiger partial charge in [-0.3, -0.25) is 4.79 Å². The van der Waals surface area contributed by atoms with Gasteiger partial charge in [-0.05, 0) is 48.1 Å². The van der Waals surface area contributed by atoms with E-state index in [9.17, 15) is 9.59 Å². The van der Waals surface area contributed by atoms with Crippen molar-refractivity contribution in [2.75, 3.05) is 19.7 Å². The fraction of sp³-hybridized carbons (Fsp3) is 0.391. The lowest BCUT2D eigenvalue weighted by Crippen LogP contribution is -2.44. The molecule has 148 valence electrons. The van der Waals surface area contributed by atoms with Crippen molar-refractivity contribution >= 4 is 11.9 Å². The predicted octanol–water partition coefficient (Wildman–Crippen LogP) is 3.93. The maximum atomic E-state index is 12.3. The molecular formula is C23H27NO4. The normalized spacial score (nSPS) is 19.1. The molecule has 0 unspecified atom stereocenters. The zero-order valence-corrected chi connectivity index (χ0v) is 16.5. The highest BCUT2D eigenvalue weighted by atomic mass is 16.5. The molecule has 0 aromatic heterocycles. The Labute approximate surface area is 166 Å². The summed E-state index contributed by atoms with van der Waals surface area (Å²) in [5, 5.41) is 0. The van der Waals surface area contributed by atoms with Gasteiger partial charge in [0.1, 0.15) is 12.4 Å². The highest BCUT2D eigenvalue weighted by Gasteiger charge is 2.26. The first kappa shape index (κ1) is 19.9. The van der Waals surface area contributed by atoms with E-state index in [2.05, 4.69) is 13.8 Å². The second-order valence-corrected chi connectivity index (χ2v) is 7.62. The molecule has 0 aliphatic carbocycles. The van der Waals surface area contributed by atoms with E-state index >= 15 is 0 Å². The van der Waals surface area contributed by atoms with Crippen molar-refractivity contribution in [1.29, 1.82) is 0 Å². The molecule has 2 aromatic rings. The Kier molecular flexibility index (Phi) is 6.69. The van der Waals surface area contributed by atoms with Gasteiger partial charge in [-0.2, -0.15) is 0 Å². The van der Waals surface area contributed by atoms with E-state index in [1.807, 2.05) is 30.3 Å². The molecule has 0 bridgehead atoms. The summed E-state index contributed by atoms with van der Waals surface area (Å²) in [5.74, 6) is 1.00. The second kappa shape index (κ2) is 9.40. The fourth-order valence-corrected chi connectivity index (χ4v) is 3.60. The second-order valence-electron chi connectivity index (χ2n) is 7.62. The average molecular weight is 381 g/mol. The molecule has 1 heterocycles. The van der Waals surface area contributed by atoms with Crippen LogP contribution in [0.3, 0.4) is 0 Å². The van der Waals surface area contributed by atoms with Crippen molar-refractivity contribution in [3.63, 3.8) is 0 Å². The van der Waals surface area contributed by atoms with Crippen molar-refractivity contribution in [2.45, 2.75) is 26.9 Å². The molecule has 3 rings (SSSR count). The first-order valence-corrected chi connectivity index (χ1v) is 9.73. The number of likely N-dealkylation sites (tertiary alicyclic amines) is 1. The highest BCUT2D eigenvalue weighted by molar-refractivity contribution is 5.91. The zero-order valence-electron chi connectivity index (χ0n) is 16.5. The maximum absolute atomic E-state index is 12.3. The number of hydrogen-bond acceptors (Lipinski definition) is 4. The zero-order chi connectivity index (χ0) is 19.9. The Bertz CT molecular complexity index is 778. The highest BCUT2D eigenvalue weighted by Crippen LogP contribution is 2.21. The van der Waals surface area contributed by atoms with E-state index in [4.69, 9.17) is 9.47 Å². The summed E-state index contributed by atoms with van der Waals surface area (Å²) >= 11 is 0. The van der Waals surface area contributed by atoms with Crippen LogP contribution in [0.1, 0.15) is 36.2 Å². The van der Waals surface area contributed by atoms with Crippen LogP contribution in [-0.4, -0.2) is 36.5 Å². The monoisotopic (exact) mass is 381 g/mol. The maximum Gasteiger partial charge on any atom is 0.338 e. The lowest BCUT2D eigenvalue weighted by atomic mass is 9.92. The average Bonchev–Trinajstić information content (AvgIpc) is 2.70. The van der Waals surface area contributed by atoms with Gasteiger partial charge in [0.25, 0.3) is 5.91 Å². The number of amides is 1. The number of carbonyl (C=O) groups is 2. The summed E-state index contributed by atoms with van der Waals surface area (Å²) in [7, 11) is 0. The first-order chi connectivity index (χ1) is 13.5.